The van der Waals surface area contributed by atoms with Crippen LogP contribution in [0.25, 0.3) is 0 Å². The molecule has 0 radical (unpaired) electrons. The summed E-state index contributed by atoms with van der Waals surface area (Å²) in [6.45, 7) is 1.73. The molecule has 0 spiro atoms. The predicted octanol–water partition coefficient (Wildman–Crippen LogP) is 3.19. The Morgan fingerprint density at radius 3 is 2.43 bits per heavy atom. The largest absolute Gasteiger partial charge is 0.366 e. The lowest BCUT2D eigenvalue weighted by Gasteiger charge is -2.39. The van der Waals surface area contributed by atoms with E-state index in [4.69, 9.17) is 5.73 Å². The Balaban J connectivity index is 1.30. The molecule has 152 valence electrons. The van der Waals surface area contributed by atoms with Crippen molar-refractivity contribution < 1.29 is 9.59 Å². The first-order valence-corrected chi connectivity index (χ1v) is 11.0. The van der Waals surface area contributed by atoms with Crippen LogP contribution in [-0.4, -0.2) is 41.9 Å². The smallest absolute Gasteiger partial charge is 0.248 e. The Hall–Kier alpha value is -1.88. The molecule has 2 heterocycles. The van der Waals surface area contributed by atoms with Gasteiger partial charge >= 0.3 is 0 Å². The summed E-state index contributed by atoms with van der Waals surface area (Å²) >= 11 is 0. The number of carbonyl (C=O) groups is 2. The van der Waals surface area contributed by atoms with Crippen LogP contribution in [0.5, 0.6) is 0 Å². The van der Waals surface area contributed by atoms with Crippen molar-refractivity contribution in [2.75, 3.05) is 13.1 Å². The van der Waals surface area contributed by atoms with Gasteiger partial charge in [-0.1, -0.05) is 31.4 Å². The van der Waals surface area contributed by atoms with Gasteiger partial charge in [0, 0.05) is 36.7 Å². The van der Waals surface area contributed by atoms with Crippen LogP contribution in [0.3, 0.4) is 0 Å². The summed E-state index contributed by atoms with van der Waals surface area (Å²) in [5.41, 5.74) is 7.31. The maximum Gasteiger partial charge on any atom is 0.248 e. The molecule has 2 atom stereocenters. The molecule has 1 aromatic rings. The van der Waals surface area contributed by atoms with Gasteiger partial charge in [-0.2, -0.15) is 0 Å². The van der Waals surface area contributed by atoms with Crippen molar-refractivity contribution in [1.29, 1.82) is 0 Å². The van der Waals surface area contributed by atoms with E-state index in [0.29, 0.717) is 23.6 Å². The second-order valence-electron chi connectivity index (χ2n) is 8.91. The first kappa shape index (κ1) is 19.4. The van der Waals surface area contributed by atoms with Gasteiger partial charge in [0.15, 0.2) is 0 Å². The number of fused-ring (bicyclic) bond motifs is 2. The third-order valence-electron chi connectivity index (χ3n) is 7.17. The van der Waals surface area contributed by atoms with Crippen LogP contribution in [0.4, 0.5) is 0 Å². The van der Waals surface area contributed by atoms with Crippen LogP contribution in [0.2, 0.25) is 0 Å². The van der Waals surface area contributed by atoms with Gasteiger partial charge < -0.3 is 11.1 Å². The number of rotatable bonds is 6. The monoisotopic (exact) mass is 383 g/mol. The summed E-state index contributed by atoms with van der Waals surface area (Å²) in [4.78, 5) is 26.5. The molecule has 2 bridgehead atoms. The molecular formula is C23H33N3O2. The third-order valence-corrected chi connectivity index (χ3v) is 7.17. The molecule has 28 heavy (non-hydrogen) atoms. The molecule has 5 nitrogen and oxygen atoms in total. The molecule has 1 saturated carbocycles. The van der Waals surface area contributed by atoms with E-state index in [2.05, 4.69) is 16.3 Å². The van der Waals surface area contributed by atoms with E-state index in [1.807, 2.05) is 12.1 Å². The molecule has 3 N–H and O–H groups in total. The number of amides is 2. The maximum atomic E-state index is 12.4. The number of hydrogen-bond donors (Lipinski definition) is 2. The number of hydrogen-bond acceptors (Lipinski definition) is 3. The molecule has 1 aromatic carbocycles. The van der Waals surface area contributed by atoms with E-state index < -0.39 is 0 Å². The zero-order valence-corrected chi connectivity index (χ0v) is 16.7. The van der Waals surface area contributed by atoms with Gasteiger partial charge in [-0.15, -0.1) is 0 Å². The van der Waals surface area contributed by atoms with E-state index in [9.17, 15) is 9.59 Å². The summed E-state index contributed by atoms with van der Waals surface area (Å²) in [7, 11) is 0. The van der Waals surface area contributed by atoms with Gasteiger partial charge in [-0.3, -0.25) is 14.5 Å². The topological polar surface area (TPSA) is 75.4 Å². The molecule has 0 aromatic heterocycles. The number of carbonyl (C=O) groups excluding carboxylic acids is 2. The van der Waals surface area contributed by atoms with Gasteiger partial charge in [0.2, 0.25) is 11.8 Å². The van der Waals surface area contributed by atoms with E-state index in [1.54, 1.807) is 6.07 Å². The Kier molecular flexibility index (Phi) is 6.00. The fraction of sp³-hybridized carbons (Fsp3) is 0.652. The van der Waals surface area contributed by atoms with Gasteiger partial charge in [0.1, 0.15) is 0 Å². The molecule has 2 amide bonds. The SMILES string of the molecule is NC(=O)c1cccc(C2CC3CCC(C2)N3CCNC(=O)C2CCCCC2)c1. The van der Waals surface area contributed by atoms with Crippen LogP contribution in [0.1, 0.15) is 79.6 Å². The summed E-state index contributed by atoms with van der Waals surface area (Å²) in [5, 5.41) is 3.20. The van der Waals surface area contributed by atoms with Crippen molar-refractivity contribution in [1.82, 2.24) is 10.2 Å². The summed E-state index contributed by atoms with van der Waals surface area (Å²) < 4.78 is 0. The number of nitrogens with two attached hydrogens (primary N) is 1. The predicted molar refractivity (Wildman–Crippen MR) is 110 cm³/mol. The molecule has 3 aliphatic rings. The van der Waals surface area contributed by atoms with Crippen LogP contribution in [0, 0.1) is 5.92 Å². The van der Waals surface area contributed by atoms with Crippen molar-refractivity contribution in [2.24, 2.45) is 11.7 Å². The van der Waals surface area contributed by atoms with Crippen LogP contribution < -0.4 is 11.1 Å². The van der Waals surface area contributed by atoms with Gasteiger partial charge in [-0.05, 0) is 62.1 Å². The molecule has 1 aliphatic carbocycles. The molecule has 5 heteroatoms. The third kappa shape index (κ3) is 4.24. The fourth-order valence-electron chi connectivity index (χ4n) is 5.67. The highest BCUT2D eigenvalue weighted by Gasteiger charge is 2.40. The van der Waals surface area contributed by atoms with Gasteiger partial charge in [0.05, 0.1) is 0 Å². The Morgan fingerprint density at radius 1 is 1.04 bits per heavy atom. The normalized spacial score (nSPS) is 28.2. The Labute approximate surface area is 168 Å². The van der Waals surface area contributed by atoms with Crippen LogP contribution in [-0.2, 0) is 4.79 Å². The first-order chi connectivity index (χ1) is 13.6. The molecule has 4 rings (SSSR count). The van der Waals surface area contributed by atoms with Gasteiger partial charge in [0.25, 0.3) is 0 Å². The second-order valence-corrected chi connectivity index (χ2v) is 8.91. The Bertz CT molecular complexity index is 700. The lowest BCUT2D eigenvalue weighted by molar-refractivity contribution is -0.126. The number of nitrogens with one attached hydrogen (secondary N) is 1. The summed E-state index contributed by atoms with van der Waals surface area (Å²) in [6, 6.07) is 9.04. The summed E-state index contributed by atoms with van der Waals surface area (Å²) in [5.74, 6) is 0.666. The number of benzene rings is 1. The average molecular weight is 384 g/mol. The number of primary amides is 1. The lowest BCUT2D eigenvalue weighted by atomic mass is 9.84. The number of nitrogens with zero attached hydrogens (tertiary/aromatic N) is 1. The molecule has 2 unspecified atom stereocenters. The minimum atomic E-state index is -0.351. The Morgan fingerprint density at radius 2 is 1.75 bits per heavy atom. The zero-order chi connectivity index (χ0) is 19.5. The van der Waals surface area contributed by atoms with Crippen molar-refractivity contribution in [3.05, 3.63) is 35.4 Å². The average Bonchev–Trinajstić information content (AvgIpc) is 2.96. The van der Waals surface area contributed by atoms with Crippen molar-refractivity contribution in [3.63, 3.8) is 0 Å². The van der Waals surface area contributed by atoms with Crippen molar-refractivity contribution >= 4 is 11.8 Å². The van der Waals surface area contributed by atoms with Gasteiger partial charge in [-0.25, -0.2) is 0 Å². The van der Waals surface area contributed by atoms with E-state index in [-0.39, 0.29) is 17.7 Å². The van der Waals surface area contributed by atoms with Crippen molar-refractivity contribution in [3.8, 4) is 0 Å². The molecule has 2 saturated heterocycles. The zero-order valence-electron chi connectivity index (χ0n) is 16.7. The highest BCUT2D eigenvalue weighted by molar-refractivity contribution is 5.92. The van der Waals surface area contributed by atoms with E-state index >= 15 is 0 Å². The summed E-state index contributed by atoms with van der Waals surface area (Å²) in [6.07, 6.45) is 10.6. The highest BCUT2D eigenvalue weighted by Crippen LogP contribution is 2.42. The number of piperidine rings is 1. The standard InChI is InChI=1S/C23H33N3O2/c24-22(27)18-8-4-7-17(13-18)19-14-20-9-10-21(15-19)26(20)12-11-25-23(28)16-5-2-1-3-6-16/h4,7-8,13,16,19-21H,1-3,5-6,9-12,14-15H2,(H2,24,27)(H,25,28). The van der Waals surface area contributed by atoms with Crippen LogP contribution >= 0.6 is 0 Å². The van der Waals surface area contributed by atoms with E-state index in [0.717, 1.165) is 38.8 Å². The molecule has 2 aliphatic heterocycles. The quantitative estimate of drug-likeness (QED) is 0.792. The fourth-order valence-corrected chi connectivity index (χ4v) is 5.67. The van der Waals surface area contributed by atoms with E-state index in [1.165, 1.54) is 37.7 Å². The minimum Gasteiger partial charge on any atom is -0.366 e. The highest BCUT2D eigenvalue weighted by atomic mass is 16.2. The van der Waals surface area contributed by atoms with Crippen molar-refractivity contribution in [2.45, 2.75) is 75.8 Å². The maximum absolute atomic E-state index is 12.4. The molecule has 3 fully saturated rings. The first-order valence-electron chi connectivity index (χ1n) is 11.0. The molecular weight excluding hydrogens is 350 g/mol. The van der Waals surface area contributed by atoms with Crippen LogP contribution in [0.15, 0.2) is 24.3 Å². The lowest BCUT2D eigenvalue weighted by Crippen LogP contribution is -2.46. The minimum absolute atomic E-state index is 0.244. The second kappa shape index (κ2) is 8.64.